The van der Waals surface area contributed by atoms with Crippen LogP contribution in [0.5, 0.6) is 0 Å². The Morgan fingerprint density at radius 2 is 1.76 bits per heavy atom. The molecule has 1 atom stereocenters. The molecule has 0 saturated heterocycles. The summed E-state index contributed by atoms with van der Waals surface area (Å²) in [4.78, 5) is 22.7. The number of carbonyl (C=O) groups excluding carboxylic acids is 2. The molecule has 1 aromatic rings. The molecule has 2 N–H and O–H groups in total. The summed E-state index contributed by atoms with van der Waals surface area (Å²) in [6.45, 7) is 8.71. The number of para-hydroxylation sites is 1. The quantitative estimate of drug-likeness (QED) is 0.826. The lowest BCUT2D eigenvalue weighted by atomic mass is 10.0. The van der Waals surface area contributed by atoms with Crippen molar-refractivity contribution in [1.29, 1.82) is 0 Å². The Morgan fingerprint density at radius 1 is 1.18 bits per heavy atom. The molecule has 0 spiro atoms. The van der Waals surface area contributed by atoms with Gasteiger partial charge in [0.05, 0.1) is 6.92 Å². The van der Waals surface area contributed by atoms with Crippen LogP contribution in [0.25, 0.3) is 0 Å². The highest BCUT2D eigenvalue weighted by atomic mass is 16.2. The predicted octanol–water partition coefficient (Wildman–Crippen LogP) is 1.48. The van der Waals surface area contributed by atoms with Crippen LogP contribution in [0.15, 0.2) is 30.3 Å². The van der Waals surface area contributed by atoms with Gasteiger partial charge >= 0.3 is 0 Å². The number of hydrogen-bond donors (Lipinski definition) is 2. The highest BCUT2D eigenvalue weighted by Crippen LogP contribution is 2.09. The maximum Gasteiger partial charge on any atom is 0.247 e. The maximum atomic E-state index is 11.9. The van der Waals surface area contributed by atoms with Crippen molar-refractivity contribution in [2.75, 3.05) is 5.32 Å². The van der Waals surface area contributed by atoms with Gasteiger partial charge in [-0.15, -0.1) is 0 Å². The maximum absolute atomic E-state index is 11.9. The fourth-order valence-corrected chi connectivity index (χ4v) is 1.43. The van der Waals surface area contributed by atoms with Crippen LogP contribution in [0, 0.1) is 12.8 Å². The van der Waals surface area contributed by atoms with Crippen molar-refractivity contribution in [3.63, 3.8) is 0 Å². The van der Waals surface area contributed by atoms with E-state index in [4.69, 9.17) is 6.92 Å². The Morgan fingerprint density at radius 3 is 2.24 bits per heavy atom. The lowest BCUT2D eigenvalue weighted by Gasteiger charge is -2.20. The fraction of sp³-hybridized carbons (Fsp3) is 0.308. The lowest BCUT2D eigenvalue weighted by Crippen LogP contribution is -2.46. The van der Waals surface area contributed by atoms with Crippen LogP contribution in [-0.2, 0) is 9.59 Å². The number of carbonyl (C=O) groups is 2. The first kappa shape index (κ1) is 13.2. The summed E-state index contributed by atoms with van der Waals surface area (Å²) in [5, 5.41) is 5.15. The number of anilines is 1. The molecule has 0 aliphatic carbocycles. The second kappa shape index (κ2) is 6.03. The van der Waals surface area contributed by atoms with Crippen molar-refractivity contribution >= 4 is 17.5 Å². The molecule has 0 aromatic heterocycles. The molecule has 1 unspecified atom stereocenters. The van der Waals surface area contributed by atoms with Crippen LogP contribution in [0.3, 0.4) is 0 Å². The van der Waals surface area contributed by atoms with E-state index in [0.717, 1.165) is 0 Å². The van der Waals surface area contributed by atoms with Gasteiger partial charge in [0.15, 0.2) is 0 Å². The molecule has 4 heteroatoms. The third-order valence-electron chi connectivity index (χ3n) is 2.29. The Bertz CT molecular complexity index is 388. The van der Waals surface area contributed by atoms with Crippen LogP contribution in [-0.4, -0.2) is 17.9 Å². The molecule has 1 rings (SSSR count). The van der Waals surface area contributed by atoms with Crippen molar-refractivity contribution in [1.82, 2.24) is 5.32 Å². The van der Waals surface area contributed by atoms with E-state index in [1.807, 2.05) is 32.0 Å². The van der Waals surface area contributed by atoms with E-state index in [1.165, 1.54) is 0 Å². The normalized spacial score (nSPS) is 12.0. The average Bonchev–Trinajstić information content (AvgIpc) is 2.26. The molecule has 0 aliphatic heterocycles. The second-order valence-corrected chi connectivity index (χ2v) is 4.09. The van der Waals surface area contributed by atoms with Gasteiger partial charge in [0, 0.05) is 5.69 Å². The van der Waals surface area contributed by atoms with E-state index in [-0.39, 0.29) is 11.8 Å². The van der Waals surface area contributed by atoms with E-state index < -0.39 is 11.9 Å². The molecular weight excluding hydrogens is 216 g/mol. The standard InChI is InChI=1S/C13H16N2O2/c1-9(2)12(14-10(3)16)13(17)15-11-7-5-4-6-8-11/h3-9,12H,1-2H3,(H,14,16)(H,15,17). The molecule has 2 radical (unpaired) electrons. The van der Waals surface area contributed by atoms with Gasteiger partial charge in [0.25, 0.3) is 0 Å². The first-order chi connectivity index (χ1) is 8.00. The molecule has 1 aromatic carbocycles. The number of hydrogen-bond acceptors (Lipinski definition) is 2. The molecule has 4 nitrogen and oxygen atoms in total. The number of benzene rings is 1. The van der Waals surface area contributed by atoms with Gasteiger partial charge in [-0.2, -0.15) is 0 Å². The zero-order valence-corrected chi connectivity index (χ0v) is 9.94. The Hall–Kier alpha value is -1.84. The Kier molecular flexibility index (Phi) is 4.69. The number of nitrogens with one attached hydrogen (secondary N) is 2. The van der Waals surface area contributed by atoms with Crippen molar-refractivity contribution < 1.29 is 9.59 Å². The van der Waals surface area contributed by atoms with Crippen molar-refractivity contribution in [2.45, 2.75) is 19.9 Å². The van der Waals surface area contributed by atoms with E-state index >= 15 is 0 Å². The van der Waals surface area contributed by atoms with Crippen LogP contribution in [0.1, 0.15) is 13.8 Å². The number of rotatable bonds is 4. The summed E-state index contributed by atoms with van der Waals surface area (Å²) in [7, 11) is 0. The van der Waals surface area contributed by atoms with Gasteiger partial charge in [0.2, 0.25) is 11.8 Å². The number of amides is 2. The molecule has 17 heavy (non-hydrogen) atoms. The molecule has 0 bridgehead atoms. The van der Waals surface area contributed by atoms with Crippen LogP contribution in [0.4, 0.5) is 5.69 Å². The highest BCUT2D eigenvalue weighted by Gasteiger charge is 2.22. The SMILES string of the molecule is [CH]C(=O)NC(C(=O)Nc1ccccc1)C(C)C. The Labute approximate surface area is 101 Å². The Balaban J connectivity index is 2.69. The van der Waals surface area contributed by atoms with Crippen molar-refractivity contribution in [2.24, 2.45) is 5.92 Å². The third kappa shape index (κ3) is 4.26. The second-order valence-electron chi connectivity index (χ2n) is 4.09. The summed E-state index contributed by atoms with van der Waals surface area (Å²) >= 11 is 0. The zero-order valence-electron chi connectivity index (χ0n) is 9.94. The fourth-order valence-electron chi connectivity index (χ4n) is 1.43. The van der Waals surface area contributed by atoms with E-state index in [1.54, 1.807) is 12.1 Å². The topological polar surface area (TPSA) is 58.2 Å². The predicted molar refractivity (Wildman–Crippen MR) is 66.1 cm³/mol. The summed E-state index contributed by atoms with van der Waals surface area (Å²) in [5.74, 6) is -1.01. The third-order valence-corrected chi connectivity index (χ3v) is 2.29. The van der Waals surface area contributed by atoms with Gasteiger partial charge in [-0.25, -0.2) is 0 Å². The summed E-state index contributed by atoms with van der Waals surface area (Å²) in [6.07, 6.45) is 0. The molecular formula is C13H16N2O2. The van der Waals surface area contributed by atoms with Gasteiger partial charge in [-0.1, -0.05) is 32.0 Å². The van der Waals surface area contributed by atoms with Crippen molar-refractivity contribution in [3.8, 4) is 0 Å². The van der Waals surface area contributed by atoms with E-state index in [0.29, 0.717) is 5.69 Å². The molecule has 0 heterocycles. The summed E-state index contributed by atoms with van der Waals surface area (Å²) in [6, 6.07) is 8.42. The van der Waals surface area contributed by atoms with Crippen LogP contribution in [0.2, 0.25) is 0 Å². The first-order valence-corrected chi connectivity index (χ1v) is 5.42. The van der Waals surface area contributed by atoms with Gasteiger partial charge in [0.1, 0.15) is 6.04 Å². The van der Waals surface area contributed by atoms with Gasteiger partial charge in [-0.05, 0) is 18.1 Å². The first-order valence-electron chi connectivity index (χ1n) is 5.42. The lowest BCUT2D eigenvalue weighted by molar-refractivity contribution is -0.124. The van der Waals surface area contributed by atoms with Crippen molar-refractivity contribution in [3.05, 3.63) is 37.3 Å². The van der Waals surface area contributed by atoms with Crippen LogP contribution >= 0.6 is 0 Å². The average molecular weight is 232 g/mol. The summed E-state index contributed by atoms with van der Waals surface area (Å²) < 4.78 is 0. The molecule has 90 valence electrons. The monoisotopic (exact) mass is 232 g/mol. The molecule has 0 fully saturated rings. The van der Waals surface area contributed by atoms with E-state index in [2.05, 4.69) is 10.6 Å². The zero-order chi connectivity index (χ0) is 12.8. The summed E-state index contributed by atoms with van der Waals surface area (Å²) in [5.41, 5.74) is 0.689. The minimum atomic E-state index is -0.702. The minimum Gasteiger partial charge on any atom is -0.344 e. The molecule has 0 saturated carbocycles. The van der Waals surface area contributed by atoms with Gasteiger partial charge in [-0.3, -0.25) is 9.59 Å². The largest absolute Gasteiger partial charge is 0.344 e. The minimum absolute atomic E-state index is 0.0359. The highest BCUT2D eigenvalue weighted by molar-refractivity contribution is 5.97. The van der Waals surface area contributed by atoms with Crippen LogP contribution < -0.4 is 10.6 Å². The molecule has 0 aliphatic rings. The smallest absolute Gasteiger partial charge is 0.247 e. The van der Waals surface area contributed by atoms with E-state index in [9.17, 15) is 9.59 Å². The van der Waals surface area contributed by atoms with Gasteiger partial charge < -0.3 is 10.6 Å². The molecule has 2 amide bonds.